The van der Waals surface area contributed by atoms with Gasteiger partial charge in [0, 0.05) is 23.8 Å². The second-order valence-electron chi connectivity index (χ2n) is 10.1. The molecule has 2 aromatic rings. The number of rotatable bonds is 5. The molecular weight excluding hydrogens is 470 g/mol. The predicted octanol–water partition coefficient (Wildman–Crippen LogP) is 3.20. The minimum Gasteiger partial charge on any atom is -0.370 e. The summed E-state index contributed by atoms with van der Waals surface area (Å²) < 4.78 is 57.3. The lowest BCUT2D eigenvalue weighted by Crippen LogP contribution is -2.68. The van der Waals surface area contributed by atoms with Crippen LogP contribution in [0.25, 0.3) is 0 Å². The zero-order valence-electron chi connectivity index (χ0n) is 19.0. The lowest BCUT2D eigenvalue weighted by atomic mass is 9.61. The van der Waals surface area contributed by atoms with Crippen LogP contribution in [0.1, 0.15) is 30.3 Å². The summed E-state index contributed by atoms with van der Waals surface area (Å²) in [7, 11) is -2.27. The molecule has 0 unspecified atom stereocenters. The van der Waals surface area contributed by atoms with Crippen molar-refractivity contribution in [3.63, 3.8) is 0 Å². The molecule has 3 aliphatic rings. The van der Waals surface area contributed by atoms with Crippen LogP contribution in [-0.2, 0) is 22.1 Å². The first-order chi connectivity index (χ1) is 15.9. The normalized spacial score (nSPS) is 20.7. The standard InChI is InChI=1S/C22H27F3N5O3P/c1-34(2,32)18-5-3-15(4-6-18)11-33-17-9-28(10-17)20(31)29-12-21(13-29)7-16(8-21)30-14-26-19(27-30)22(23,24)25/h3-6,14,16-17H,7-13H2,1-2H3. The van der Waals surface area contributed by atoms with Crippen LogP contribution in [0.4, 0.5) is 18.0 Å². The second kappa shape index (κ2) is 8.09. The van der Waals surface area contributed by atoms with Crippen LogP contribution in [0.2, 0.25) is 0 Å². The third-order valence-electron chi connectivity index (χ3n) is 6.96. The highest BCUT2D eigenvalue weighted by atomic mass is 31.2. The summed E-state index contributed by atoms with van der Waals surface area (Å²) in [6.45, 7) is 6.25. The molecule has 184 valence electrons. The van der Waals surface area contributed by atoms with Crippen molar-refractivity contribution in [3.05, 3.63) is 42.0 Å². The fourth-order valence-electron chi connectivity index (χ4n) is 4.93. The summed E-state index contributed by atoms with van der Waals surface area (Å²) in [6, 6.07) is 7.48. The Morgan fingerprint density at radius 3 is 2.35 bits per heavy atom. The monoisotopic (exact) mass is 497 g/mol. The molecule has 8 nitrogen and oxygen atoms in total. The predicted molar refractivity (Wildman–Crippen MR) is 118 cm³/mol. The number of hydrogen-bond acceptors (Lipinski definition) is 5. The average Bonchev–Trinajstić information content (AvgIpc) is 3.14. The van der Waals surface area contributed by atoms with Gasteiger partial charge in [0.2, 0.25) is 0 Å². The Labute approximate surface area is 195 Å². The van der Waals surface area contributed by atoms with Gasteiger partial charge >= 0.3 is 12.2 Å². The SMILES string of the molecule is CP(C)(=O)c1ccc(COC2CN(C(=O)N3CC4(CC(n5cnc(C(F)(F)F)n5)C4)C3)C2)cc1. The number of benzene rings is 1. The highest BCUT2D eigenvalue weighted by Gasteiger charge is 2.56. The molecule has 1 aliphatic carbocycles. The van der Waals surface area contributed by atoms with E-state index in [4.69, 9.17) is 4.74 Å². The van der Waals surface area contributed by atoms with E-state index in [0.29, 0.717) is 45.6 Å². The quantitative estimate of drug-likeness (QED) is 0.593. The zero-order chi connectivity index (χ0) is 24.3. The number of urea groups is 1. The molecule has 2 saturated heterocycles. The first-order valence-electron chi connectivity index (χ1n) is 11.2. The van der Waals surface area contributed by atoms with E-state index in [1.807, 2.05) is 24.3 Å². The molecule has 1 aromatic carbocycles. The first kappa shape index (κ1) is 23.4. The lowest BCUT2D eigenvalue weighted by Gasteiger charge is -2.59. The molecule has 3 heterocycles. The third-order valence-corrected chi connectivity index (χ3v) is 8.50. The highest BCUT2D eigenvalue weighted by Crippen LogP contribution is 2.54. The molecule has 1 aromatic heterocycles. The van der Waals surface area contributed by atoms with Gasteiger partial charge in [0.05, 0.1) is 31.8 Å². The van der Waals surface area contributed by atoms with Crippen LogP contribution in [-0.4, -0.2) is 76.2 Å². The van der Waals surface area contributed by atoms with Gasteiger partial charge < -0.3 is 19.1 Å². The summed E-state index contributed by atoms with van der Waals surface area (Å²) in [5, 5.41) is 4.40. The van der Waals surface area contributed by atoms with E-state index < -0.39 is 19.1 Å². The molecular formula is C22H27F3N5O3P. The van der Waals surface area contributed by atoms with Crippen LogP contribution in [0.5, 0.6) is 0 Å². The number of ether oxygens (including phenoxy) is 1. The topological polar surface area (TPSA) is 80.6 Å². The molecule has 1 spiro atoms. The Bertz CT molecular complexity index is 1110. The number of halogens is 3. The van der Waals surface area contributed by atoms with Gasteiger partial charge in [-0.25, -0.2) is 14.5 Å². The van der Waals surface area contributed by atoms with Crippen molar-refractivity contribution in [2.45, 2.75) is 37.8 Å². The Balaban J connectivity index is 1.02. The van der Waals surface area contributed by atoms with E-state index in [1.54, 1.807) is 23.1 Å². The van der Waals surface area contributed by atoms with Crippen molar-refractivity contribution in [3.8, 4) is 0 Å². The fraction of sp³-hybridized carbons (Fsp3) is 0.591. The number of carbonyl (C=O) groups is 1. The van der Waals surface area contributed by atoms with E-state index in [9.17, 15) is 22.5 Å². The third kappa shape index (κ3) is 4.47. The van der Waals surface area contributed by atoms with Crippen LogP contribution in [0.15, 0.2) is 30.6 Å². The first-order valence-corrected chi connectivity index (χ1v) is 13.8. The van der Waals surface area contributed by atoms with Crippen molar-refractivity contribution in [1.29, 1.82) is 0 Å². The van der Waals surface area contributed by atoms with Crippen LogP contribution >= 0.6 is 7.14 Å². The van der Waals surface area contributed by atoms with Crippen molar-refractivity contribution < 1.29 is 27.3 Å². The largest absolute Gasteiger partial charge is 0.453 e. The van der Waals surface area contributed by atoms with Gasteiger partial charge in [0.15, 0.2) is 0 Å². The lowest BCUT2D eigenvalue weighted by molar-refractivity contribution is -0.145. The Hall–Kier alpha value is -2.39. The van der Waals surface area contributed by atoms with Crippen LogP contribution < -0.4 is 5.30 Å². The molecule has 3 fully saturated rings. The molecule has 0 atom stereocenters. The van der Waals surface area contributed by atoms with Gasteiger partial charge in [-0.05, 0) is 31.7 Å². The molecule has 12 heteroatoms. The number of amides is 2. The maximum atomic E-state index is 12.7. The summed E-state index contributed by atoms with van der Waals surface area (Å²) in [6.07, 6.45) is -2.00. The molecule has 1 saturated carbocycles. The summed E-state index contributed by atoms with van der Waals surface area (Å²) in [5.74, 6) is -1.11. The molecule has 2 amide bonds. The Kier molecular flexibility index (Phi) is 5.55. The van der Waals surface area contributed by atoms with Gasteiger partial charge in [-0.2, -0.15) is 13.2 Å². The number of hydrogen-bond donors (Lipinski definition) is 0. The molecule has 34 heavy (non-hydrogen) atoms. The summed E-state index contributed by atoms with van der Waals surface area (Å²) >= 11 is 0. The Morgan fingerprint density at radius 1 is 1.15 bits per heavy atom. The molecule has 0 N–H and O–H groups in total. The van der Waals surface area contributed by atoms with Crippen molar-refractivity contribution in [2.75, 3.05) is 39.5 Å². The number of alkyl halides is 3. The molecule has 2 aliphatic heterocycles. The number of nitrogens with zero attached hydrogens (tertiary/aromatic N) is 5. The average molecular weight is 497 g/mol. The number of aromatic nitrogens is 3. The minimum atomic E-state index is -4.54. The van der Waals surface area contributed by atoms with E-state index in [1.165, 1.54) is 4.68 Å². The fourth-order valence-corrected chi connectivity index (χ4v) is 5.80. The zero-order valence-corrected chi connectivity index (χ0v) is 19.9. The smallest absolute Gasteiger partial charge is 0.370 e. The van der Waals surface area contributed by atoms with E-state index >= 15 is 0 Å². The molecule has 0 bridgehead atoms. The van der Waals surface area contributed by atoms with E-state index in [2.05, 4.69) is 10.1 Å². The van der Waals surface area contributed by atoms with Crippen LogP contribution in [0, 0.1) is 5.41 Å². The van der Waals surface area contributed by atoms with E-state index in [-0.39, 0.29) is 23.6 Å². The number of likely N-dealkylation sites (tertiary alicyclic amines) is 2. The van der Waals surface area contributed by atoms with E-state index in [0.717, 1.165) is 17.2 Å². The van der Waals surface area contributed by atoms with Crippen LogP contribution in [0.3, 0.4) is 0 Å². The van der Waals surface area contributed by atoms with Gasteiger partial charge in [0.1, 0.15) is 13.5 Å². The molecule has 0 radical (unpaired) electrons. The van der Waals surface area contributed by atoms with Gasteiger partial charge in [-0.15, -0.1) is 5.10 Å². The van der Waals surface area contributed by atoms with Gasteiger partial charge in [-0.3, -0.25) is 0 Å². The van der Waals surface area contributed by atoms with Crippen molar-refractivity contribution in [2.24, 2.45) is 5.41 Å². The summed E-state index contributed by atoms with van der Waals surface area (Å²) in [4.78, 5) is 19.6. The Morgan fingerprint density at radius 2 is 1.79 bits per heavy atom. The second-order valence-corrected chi connectivity index (χ2v) is 13.3. The highest BCUT2D eigenvalue weighted by molar-refractivity contribution is 7.70. The summed E-state index contributed by atoms with van der Waals surface area (Å²) in [5.41, 5.74) is 0.986. The maximum absolute atomic E-state index is 12.7. The van der Waals surface area contributed by atoms with Crippen molar-refractivity contribution >= 4 is 18.5 Å². The maximum Gasteiger partial charge on any atom is 0.453 e. The number of carbonyl (C=O) groups excluding carboxylic acids is 1. The van der Waals surface area contributed by atoms with Gasteiger partial charge in [-0.1, -0.05) is 24.3 Å². The van der Waals surface area contributed by atoms with Crippen molar-refractivity contribution in [1.82, 2.24) is 24.6 Å². The van der Waals surface area contributed by atoms with Gasteiger partial charge in [0.25, 0.3) is 5.82 Å². The molecule has 5 rings (SSSR count). The minimum absolute atomic E-state index is 0.00876.